The van der Waals surface area contributed by atoms with Gasteiger partial charge in [-0.05, 0) is 50.5 Å². The molecule has 0 radical (unpaired) electrons. The third-order valence-corrected chi connectivity index (χ3v) is 4.84. The molecule has 0 amide bonds. The first kappa shape index (κ1) is 18.3. The summed E-state index contributed by atoms with van der Waals surface area (Å²) in [4.78, 5) is 0. The van der Waals surface area contributed by atoms with Crippen molar-refractivity contribution in [3.63, 3.8) is 0 Å². The minimum Gasteiger partial charge on any atom is -0.226 e. The molecule has 1 aliphatic heterocycles. The Hall–Kier alpha value is -1.09. The van der Waals surface area contributed by atoms with E-state index in [1.54, 1.807) is 0 Å². The summed E-state index contributed by atoms with van der Waals surface area (Å²) >= 11 is 0. The molecule has 1 N–H and O–H groups in total. The lowest BCUT2D eigenvalue weighted by molar-refractivity contribution is 0.215. The fourth-order valence-electron chi connectivity index (χ4n) is 3.47. The van der Waals surface area contributed by atoms with Crippen molar-refractivity contribution in [1.29, 1.82) is 0 Å². The van der Waals surface area contributed by atoms with Crippen LogP contribution in [-0.2, 0) is 0 Å². The Morgan fingerprint density at radius 1 is 0.957 bits per heavy atom. The molecule has 0 unspecified atom stereocenters. The molecule has 1 heterocycles. The largest absolute Gasteiger partial charge is 0.226 e. The Labute approximate surface area is 142 Å². The maximum Gasteiger partial charge on any atom is 0.0711 e. The van der Waals surface area contributed by atoms with Gasteiger partial charge in [-0.2, -0.15) is 5.10 Å². The van der Waals surface area contributed by atoms with Gasteiger partial charge < -0.3 is 0 Å². The van der Waals surface area contributed by atoms with Crippen molar-refractivity contribution in [2.45, 2.75) is 83.5 Å². The van der Waals surface area contributed by atoms with Gasteiger partial charge in [-0.3, -0.25) is 0 Å². The van der Waals surface area contributed by atoms with Crippen molar-refractivity contribution in [2.24, 2.45) is 5.10 Å². The Balaban J connectivity index is 2.12. The highest BCUT2D eigenvalue weighted by atomic mass is 15.7. The van der Waals surface area contributed by atoms with Gasteiger partial charge in [-0.1, -0.05) is 50.7 Å². The average molecular weight is 318 g/mol. The number of hydrazone groups is 1. The predicted octanol–water partition coefficient (Wildman–Crippen LogP) is 5.36. The smallest absolute Gasteiger partial charge is 0.0711 e. The summed E-state index contributed by atoms with van der Waals surface area (Å²) in [5.74, 6) is 0. The van der Waals surface area contributed by atoms with E-state index in [0.29, 0.717) is 0 Å². The number of hydrazine groups is 1. The Kier molecular flexibility index (Phi) is 9.08. The number of allylic oxidation sites excluding steroid dienone is 2. The van der Waals surface area contributed by atoms with E-state index in [9.17, 15) is 0 Å². The second kappa shape index (κ2) is 11.4. The van der Waals surface area contributed by atoms with E-state index >= 15 is 0 Å². The van der Waals surface area contributed by atoms with Crippen LogP contribution in [0, 0.1) is 0 Å². The second-order valence-electron chi connectivity index (χ2n) is 6.88. The molecular formula is C20H35N3. The molecule has 0 aromatic heterocycles. The van der Waals surface area contributed by atoms with Crippen molar-refractivity contribution in [3.8, 4) is 0 Å². The van der Waals surface area contributed by atoms with Gasteiger partial charge in [0, 0.05) is 6.54 Å². The molecule has 0 atom stereocenters. The fourth-order valence-corrected chi connectivity index (χ4v) is 3.47. The monoisotopic (exact) mass is 317 g/mol. The summed E-state index contributed by atoms with van der Waals surface area (Å²) in [5, 5.41) is 6.98. The molecule has 2 aliphatic rings. The van der Waals surface area contributed by atoms with Crippen LogP contribution in [0.2, 0.25) is 0 Å². The Morgan fingerprint density at radius 2 is 1.65 bits per heavy atom. The van der Waals surface area contributed by atoms with Crippen LogP contribution < -0.4 is 5.43 Å². The van der Waals surface area contributed by atoms with Gasteiger partial charge in [0.05, 0.1) is 12.3 Å². The van der Waals surface area contributed by atoms with E-state index in [-0.39, 0.29) is 0 Å². The van der Waals surface area contributed by atoms with E-state index in [1.807, 2.05) is 11.2 Å². The van der Waals surface area contributed by atoms with Gasteiger partial charge in [0.15, 0.2) is 0 Å². The Morgan fingerprint density at radius 3 is 2.48 bits per heavy atom. The molecule has 23 heavy (non-hydrogen) atoms. The predicted molar refractivity (Wildman–Crippen MR) is 100 cm³/mol. The average Bonchev–Trinajstić information content (AvgIpc) is 2.58. The highest BCUT2D eigenvalue weighted by Gasteiger charge is 2.12. The molecule has 130 valence electrons. The lowest BCUT2D eigenvalue weighted by Gasteiger charge is -2.23. The molecule has 0 bridgehead atoms. The molecule has 0 aromatic carbocycles. The lowest BCUT2D eigenvalue weighted by atomic mass is 9.95. The number of nitrogens with zero attached hydrogens (tertiary/aromatic N) is 2. The molecule has 1 aliphatic carbocycles. The number of rotatable bonds is 3. The minimum atomic E-state index is 0.775. The maximum absolute atomic E-state index is 4.98. The zero-order valence-electron chi connectivity index (χ0n) is 14.9. The van der Waals surface area contributed by atoms with Crippen molar-refractivity contribution < 1.29 is 0 Å². The summed E-state index contributed by atoms with van der Waals surface area (Å²) < 4.78 is 0. The van der Waals surface area contributed by atoms with E-state index < -0.39 is 0 Å². The van der Waals surface area contributed by atoms with Crippen LogP contribution in [0.1, 0.15) is 83.5 Å². The van der Waals surface area contributed by atoms with Gasteiger partial charge in [-0.25, -0.2) is 10.5 Å². The standard InChI is InChI=1S/C20H35N3/c1-2-18-23-21-17-13-9-8-12-16-20(22-23)19-14-10-6-4-3-5-7-11-15-19/h2,14,21H,1,3-13,15-18H2/b19-14?,22-20+. The summed E-state index contributed by atoms with van der Waals surface area (Å²) in [5.41, 5.74) is 6.30. The third-order valence-electron chi connectivity index (χ3n) is 4.84. The van der Waals surface area contributed by atoms with Gasteiger partial charge in [-0.15, -0.1) is 6.58 Å². The Bertz CT molecular complexity index is 398. The molecule has 0 fully saturated rings. The lowest BCUT2D eigenvalue weighted by Crippen LogP contribution is -2.36. The molecule has 0 saturated carbocycles. The van der Waals surface area contributed by atoms with Crippen molar-refractivity contribution in [3.05, 3.63) is 24.3 Å². The highest BCUT2D eigenvalue weighted by molar-refractivity contribution is 5.99. The van der Waals surface area contributed by atoms with E-state index in [4.69, 9.17) is 5.10 Å². The number of nitrogens with one attached hydrogen (secondary N) is 1. The normalized spacial score (nSPS) is 25.0. The van der Waals surface area contributed by atoms with Gasteiger partial charge >= 0.3 is 0 Å². The van der Waals surface area contributed by atoms with Crippen LogP contribution in [0.5, 0.6) is 0 Å². The van der Waals surface area contributed by atoms with Gasteiger partial charge in [0.1, 0.15) is 0 Å². The third kappa shape index (κ3) is 7.34. The first-order chi connectivity index (χ1) is 11.4. The molecule has 0 spiro atoms. The maximum atomic E-state index is 4.98. The van der Waals surface area contributed by atoms with Crippen LogP contribution in [-0.4, -0.2) is 23.9 Å². The van der Waals surface area contributed by atoms with Crippen LogP contribution in [0.15, 0.2) is 29.4 Å². The molecular weight excluding hydrogens is 282 g/mol. The summed E-state index contributed by atoms with van der Waals surface area (Å²) in [6.45, 7) is 5.67. The van der Waals surface area contributed by atoms with Crippen molar-refractivity contribution >= 4 is 5.71 Å². The van der Waals surface area contributed by atoms with Crippen LogP contribution in [0.3, 0.4) is 0 Å². The summed E-state index contributed by atoms with van der Waals surface area (Å²) in [7, 11) is 0. The molecule has 2 rings (SSSR count). The fraction of sp³-hybridized carbons (Fsp3) is 0.750. The number of hydrogen-bond acceptors (Lipinski definition) is 3. The number of hydrogen-bond donors (Lipinski definition) is 1. The topological polar surface area (TPSA) is 27.6 Å². The minimum absolute atomic E-state index is 0.775. The zero-order valence-corrected chi connectivity index (χ0v) is 14.9. The SMILES string of the molecule is C=CCN1/N=C(/C2=CCCCCCCCC2)CCCCCCN1. The highest BCUT2D eigenvalue weighted by Crippen LogP contribution is 2.21. The van der Waals surface area contributed by atoms with Gasteiger partial charge in [0.25, 0.3) is 0 Å². The van der Waals surface area contributed by atoms with Crippen molar-refractivity contribution in [2.75, 3.05) is 13.1 Å². The van der Waals surface area contributed by atoms with Crippen LogP contribution >= 0.6 is 0 Å². The molecule has 3 heteroatoms. The van der Waals surface area contributed by atoms with Gasteiger partial charge in [0.2, 0.25) is 0 Å². The molecule has 3 nitrogen and oxygen atoms in total. The molecule has 0 saturated heterocycles. The summed E-state index contributed by atoms with van der Waals surface area (Å²) in [6.07, 6.45) is 21.4. The van der Waals surface area contributed by atoms with Crippen LogP contribution in [0.4, 0.5) is 0 Å². The van der Waals surface area contributed by atoms with Crippen molar-refractivity contribution in [1.82, 2.24) is 10.5 Å². The van der Waals surface area contributed by atoms with E-state index in [0.717, 1.165) is 19.5 Å². The second-order valence-corrected chi connectivity index (χ2v) is 6.88. The quantitative estimate of drug-likeness (QED) is 0.710. The zero-order chi connectivity index (χ0) is 16.2. The first-order valence-corrected chi connectivity index (χ1v) is 9.79. The van der Waals surface area contributed by atoms with E-state index in [2.05, 4.69) is 18.1 Å². The first-order valence-electron chi connectivity index (χ1n) is 9.79. The van der Waals surface area contributed by atoms with Crippen LogP contribution in [0.25, 0.3) is 0 Å². The summed E-state index contributed by atoms with van der Waals surface area (Å²) in [6, 6.07) is 0. The van der Waals surface area contributed by atoms with E-state index in [1.165, 1.54) is 88.3 Å². The molecule has 0 aromatic rings.